The molecule has 3 heteroatoms. The van der Waals surface area contributed by atoms with Crippen molar-refractivity contribution in [2.24, 2.45) is 0 Å². The Morgan fingerprint density at radius 3 is 2.46 bits per heavy atom. The van der Waals surface area contributed by atoms with Crippen LogP contribution < -0.4 is 0 Å². The quantitative estimate of drug-likeness (QED) is 0.407. The second kappa shape index (κ2) is 7.30. The fourth-order valence-corrected chi connectivity index (χ4v) is 1.11. The summed E-state index contributed by atoms with van der Waals surface area (Å²) >= 11 is 0. The molecule has 1 atom stereocenters. The van der Waals surface area contributed by atoms with E-state index in [4.69, 9.17) is 14.2 Å². The topological polar surface area (TPSA) is 31.0 Å². The standard InChI is InChI=1S/C10H20O3/c1-2-11-6-4-3-5-7-12-8-10-9-13-10/h10H,2-9H2,1H3. The van der Waals surface area contributed by atoms with Crippen LogP contribution in [0.5, 0.6) is 0 Å². The van der Waals surface area contributed by atoms with E-state index in [9.17, 15) is 0 Å². The molecule has 1 rings (SSSR count). The van der Waals surface area contributed by atoms with Crippen molar-refractivity contribution in [2.45, 2.75) is 32.3 Å². The summed E-state index contributed by atoms with van der Waals surface area (Å²) in [4.78, 5) is 0. The molecule has 78 valence electrons. The average Bonchev–Trinajstić information content (AvgIpc) is 2.93. The molecule has 0 saturated carbocycles. The lowest BCUT2D eigenvalue weighted by Crippen LogP contribution is -2.03. The van der Waals surface area contributed by atoms with Gasteiger partial charge in [0.2, 0.25) is 0 Å². The third-order valence-corrected chi connectivity index (χ3v) is 1.99. The molecule has 0 amide bonds. The first-order chi connectivity index (χ1) is 6.43. The lowest BCUT2D eigenvalue weighted by atomic mass is 10.2. The molecular weight excluding hydrogens is 168 g/mol. The number of hydrogen-bond donors (Lipinski definition) is 0. The molecule has 0 radical (unpaired) electrons. The van der Waals surface area contributed by atoms with Gasteiger partial charge in [0.1, 0.15) is 6.10 Å². The second-order valence-electron chi connectivity index (χ2n) is 3.29. The molecule has 1 saturated heterocycles. The van der Waals surface area contributed by atoms with Crippen molar-refractivity contribution in [2.75, 3.05) is 33.0 Å². The Morgan fingerprint density at radius 1 is 1.15 bits per heavy atom. The zero-order chi connectivity index (χ0) is 9.36. The molecule has 1 aliphatic rings. The minimum Gasteiger partial charge on any atom is -0.382 e. The maximum atomic E-state index is 5.40. The van der Waals surface area contributed by atoms with E-state index in [-0.39, 0.29) is 0 Å². The van der Waals surface area contributed by atoms with Gasteiger partial charge < -0.3 is 14.2 Å². The Balaban J connectivity index is 1.63. The lowest BCUT2D eigenvalue weighted by Gasteiger charge is -2.02. The zero-order valence-corrected chi connectivity index (χ0v) is 8.46. The average molecular weight is 188 g/mol. The molecule has 13 heavy (non-hydrogen) atoms. The van der Waals surface area contributed by atoms with E-state index in [0.29, 0.717) is 6.10 Å². The highest BCUT2D eigenvalue weighted by molar-refractivity contribution is 4.66. The maximum Gasteiger partial charge on any atom is 0.104 e. The lowest BCUT2D eigenvalue weighted by molar-refractivity contribution is 0.107. The van der Waals surface area contributed by atoms with Gasteiger partial charge in [-0.25, -0.2) is 0 Å². The number of ether oxygens (including phenoxy) is 3. The summed E-state index contributed by atoms with van der Waals surface area (Å²) in [6.45, 7) is 6.29. The Bertz CT molecular complexity index is 113. The first-order valence-electron chi connectivity index (χ1n) is 5.20. The smallest absolute Gasteiger partial charge is 0.104 e. The van der Waals surface area contributed by atoms with Crippen LogP contribution in [0.15, 0.2) is 0 Å². The van der Waals surface area contributed by atoms with Gasteiger partial charge in [0, 0.05) is 19.8 Å². The predicted molar refractivity (Wildman–Crippen MR) is 50.9 cm³/mol. The van der Waals surface area contributed by atoms with Gasteiger partial charge >= 0.3 is 0 Å². The largest absolute Gasteiger partial charge is 0.382 e. The molecule has 0 spiro atoms. The molecule has 1 aliphatic heterocycles. The normalized spacial score (nSPS) is 20.5. The highest BCUT2D eigenvalue weighted by Gasteiger charge is 2.21. The molecule has 1 unspecified atom stereocenters. The van der Waals surface area contributed by atoms with Crippen LogP contribution in [0.25, 0.3) is 0 Å². The second-order valence-corrected chi connectivity index (χ2v) is 3.29. The zero-order valence-electron chi connectivity index (χ0n) is 8.46. The minimum absolute atomic E-state index is 0.406. The van der Waals surface area contributed by atoms with E-state index in [2.05, 4.69) is 0 Å². The predicted octanol–water partition coefficient (Wildman–Crippen LogP) is 1.61. The minimum atomic E-state index is 0.406. The molecule has 0 N–H and O–H groups in total. The highest BCUT2D eigenvalue weighted by atomic mass is 16.6. The van der Waals surface area contributed by atoms with Crippen molar-refractivity contribution in [3.63, 3.8) is 0 Å². The van der Waals surface area contributed by atoms with Crippen LogP contribution in [0.4, 0.5) is 0 Å². The van der Waals surface area contributed by atoms with E-state index in [1.807, 2.05) is 6.92 Å². The van der Waals surface area contributed by atoms with Crippen LogP contribution >= 0.6 is 0 Å². The van der Waals surface area contributed by atoms with Gasteiger partial charge in [-0.3, -0.25) is 0 Å². The Kier molecular flexibility index (Phi) is 6.15. The summed E-state index contributed by atoms with van der Waals surface area (Å²) in [5.74, 6) is 0. The highest BCUT2D eigenvalue weighted by Crippen LogP contribution is 2.08. The summed E-state index contributed by atoms with van der Waals surface area (Å²) in [5.41, 5.74) is 0. The molecule has 0 aromatic carbocycles. The van der Waals surface area contributed by atoms with Gasteiger partial charge in [-0.1, -0.05) is 0 Å². The number of epoxide rings is 1. The fourth-order valence-electron chi connectivity index (χ4n) is 1.11. The summed E-state index contributed by atoms with van der Waals surface area (Å²) in [5, 5.41) is 0. The third kappa shape index (κ3) is 6.99. The molecule has 3 nitrogen and oxygen atoms in total. The van der Waals surface area contributed by atoms with Gasteiger partial charge in [0.05, 0.1) is 13.2 Å². The summed E-state index contributed by atoms with van der Waals surface area (Å²) < 4.78 is 15.6. The molecule has 0 bridgehead atoms. The van der Waals surface area contributed by atoms with Crippen LogP contribution in [0.2, 0.25) is 0 Å². The van der Waals surface area contributed by atoms with Crippen LogP contribution in [0.1, 0.15) is 26.2 Å². The van der Waals surface area contributed by atoms with E-state index in [1.165, 1.54) is 6.42 Å². The fraction of sp³-hybridized carbons (Fsp3) is 1.00. The van der Waals surface area contributed by atoms with Crippen LogP contribution in [0, 0.1) is 0 Å². The van der Waals surface area contributed by atoms with E-state index >= 15 is 0 Å². The Morgan fingerprint density at radius 2 is 1.85 bits per heavy atom. The molecule has 1 fully saturated rings. The summed E-state index contributed by atoms with van der Waals surface area (Å²) in [7, 11) is 0. The Labute approximate surface area is 80.4 Å². The van der Waals surface area contributed by atoms with Gasteiger partial charge in [0.15, 0.2) is 0 Å². The van der Waals surface area contributed by atoms with E-state index < -0.39 is 0 Å². The monoisotopic (exact) mass is 188 g/mol. The molecule has 0 aromatic heterocycles. The van der Waals surface area contributed by atoms with Crippen molar-refractivity contribution < 1.29 is 14.2 Å². The van der Waals surface area contributed by atoms with Crippen LogP contribution in [-0.2, 0) is 14.2 Å². The number of unbranched alkanes of at least 4 members (excludes halogenated alkanes) is 2. The van der Waals surface area contributed by atoms with Crippen molar-refractivity contribution in [3.05, 3.63) is 0 Å². The van der Waals surface area contributed by atoms with Crippen molar-refractivity contribution in [1.82, 2.24) is 0 Å². The molecular formula is C10H20O3. The van der Waals surface area contributed by atoms with Crippen molar-refractivity contribution in [1.29, 1.82) is 0 Å². The van der Waals surface area contributed by atoms with Gasteiger partial charge in [-0.05, 0) is 26.2 Å². The molecule has 0 aromatic rings. The SMILES string of the molecule is CCOCCCCCOCC1CO1. The van der Waals surface area contributed by atoms with Crippen molar-refractivity contribution in [3.8, 4) is 0 Å². The van der Waals surface area contributed by atoms with Crippen LogP contribution in [-0.4, -0.2) is 39.1 Å². The van der Waals surface area contributed by atoms with Crippen molar-refractivity contribution >= 4 is 0 Å². The first-order valence-corrected chi connectivity index (χ1v) is 5.20. The van der Waals surface area contributed by atoms with E-state index in [0.717, 1.165) is 45.9 Å². The first kappa shape index (κ1) is 11.0. The number of rotatable bonds is 9. The maximum absolute atomic E-state index is 5.40. The van der Waals surface area contributed by atoms with Gasteiger partial charge in [-0.2, -0.15) is 0 Å². The molecule has 1 heterocycles. The molecule has 0 aliphatic carbocycles. The van der Waals surface area contributed by atoms with E-state index in [1.54, 1.807) is 0 Å². The van der Waals surface area contributed by atoms with Gasteiger partial charge in [-0.15, -0.1) is 0 Å². The number of hydrogen-bond acceptors (Lipinski definition) is 3. The summed E-state index contributed by atoms with van der Waals surface area (Å²) in [6, 6.07) is 0. The third-order valence-electron chi connectivity index (χ3n) is 1.99. The van der Waals surface area contributed by atoms with Crippen LogP contribution in [0.3, 0.4) is 0 Å². The Hall–Kier alpha value is -0.120. The summed E-state index contributed by atoms with van der Waals surface area (Å²) in [6.07, 6.45) is 3.89. The van der Waals surface area contributed by atoms with Gasteiger partial charge in [0.25, 0.3) is 0 Å².